The molecule has 0 spiro atoms. The van der Waals surface area contributed by atoms with Crippen molar-refractivity contribution in [1.29, 1.82) is 0 Å². The maximum Gasteiger partial charge on any atom is 0.162 e. The fraction of sp³-hybridized carbons (Fsp3) is 0.552. The molecule has 1 aromatic carbocycles. The van der Waals surface area contributed by atoms with Crippen molar-refractivity contribution in [2.24, 2.45) is 13.0 Å². The molecule has 0 amide bonds. The standard InChI is InChI=1S/C29H40N6O/c1-18(2)24-15-26(33(6)32-24)34-13-11-23-22(17-34)29(35-14-12-25(36-7)21(5)16-35)31-28(30-23)27-19(3)9-8-10-20(27)4/h8-10,15,18,21,25H,11-14,16-17H2,1-7H3/t21-,25+/m1/s1. The van der Waals surface area contributed by atoms with Crippen molar-refractivity contribution < 1.29 is 4.74 Å². The molecule has 1 saturated heterocycles. The average Bonchev–Trinajstić information content (AvgIpc) is 3.25. The Bertz CT molecular complexity index is 1230. The minimum atomic E-state index is 0.303. The molecular weight excluding hydrogens is 448 g/mol. The van der Waals surface area contributed by atoms with Crippen LogP contribution in [0.4, 0.5) is 11.6 Å². The molecule has 2 aromatic heterocycles. The molecule has 36 heavy (non-hydrogen) atoms. The number of benzene rings is 1. The molecule has 2 aliphatic heterocycles. The fourth-order valence-electron chi connectivity index (χ4n) is 5.86. The SMILES string of the molecule is CO[C@H]1CCN(c2nc(-c3c(C)cccc3C)nc3c2CN(c2cc(C(C)C)nn2C)CC3)C[C@H]1C. The molecule has 7 heteroatoms. The highest BCUT2D eigenvalue weighted by molar-refractivity contribution is 5.68. The van der Waals surface area contributed by atoms with Crippen LogP contribution in [0.5, 0.6) is 0 Å². The molecule has 0 aliphatic carbocycles. The molecule has 1 fully saturated rings. The van der Waals surface area contributed by atoms with Gasteiger partial charge in [-0.05, 0) is 43.2 Å². The molecule has 7 nitrogen and oxygen atoms in total. The second-order valence-electron chi connectivity index (χ2n) is 10.9. The van der Waals surface area contributed by atoms with Crippen LogP contribution in [-0.4, -0.2) is 52.6 Å². The van der Waals surface area contributed by atoms with Crippen LogP contribution in [0, 0.1) is 19.8 Å². The van der Waals surface area contributed by atoms with E-state index in [0.717, 1.165) is 61.9 Å². The Balaban J connectivity index is 1.58. The highest BCUT2D eigenvalue weighted by atomic mass is 16.5. The van der Waals surface area contributed by atoms with Crippen LogP contribution in [-0.2, 0) is 24.8 Å². The summed E-state index contributed by atoms with van der Waals surface area (Å²) in [7, 11) is 3.88. The fourth-order valence-corrected chi connectivity index (χ4v) is 5.86. The zero-order valence-corrected chi connectivity index (χ0v) is 22.9. The Morgan fingerprint density at radius 3 is 2.44 bits per heavy atom. The van der Waals surface area contributed by atoms with E-state index in [9.17, 15) is 0 Å². The van der Waals surface area contributed by atoms with Crippen LogP contribution in [0.25, 0.3) is 11.4 Å². The molecule has 192 valence electrons. The van der Waals surface area contributed by atoms with Gasteiger partial charge in [-0.3, -0.25) is 4.68 Å². The summed E-state index contributed by atoms with van der Waals surface area (Å²) < 4.78 is 7.78. The van der Waals surface area contributed by atoms with Crippen LogP contribution in [0.15, 0.2) is 24.3 Å². The van der Waals surface area contributed by atoms with Gasteiger partial charge in [-0.15, -0.1) is 0 Å². The number of aromatic nitrogens is 4. The predicted octanol–water partition coefficient (Wildman–Crippen LogP) is 5.04. The molecule has 4 heterocycles. The zero-order chi connectivity index (χ0) is 25.6. The van der Waals surface area contributed by atoms with E-state index in [2.05, 4.69) is 75.7 Å². The Labute approximate surface area is 215 Å². The summed E-state index contributed by atoms with van der Waals surface area (Å²) in [5.41, 5.74) is 7.18. The second-order valence-corrected chi connectivity index (χ2v) is 10.9. The van der Waals surface area contributed by atoms with Crippen molar-refractivity contribution in [2.45, 2.75) is 66.0 Å². The lowest BCUT2D eigenvalue weighted by Gasteiger charge is -2.39. The molecule has 0 bridgehead atoms. The number of ether oxygens (including phenoxy) is 1. The molecule has 0 N–H and O–H groups in total. The molecule has 2 atom stereocenters. The van der Waals surface area contributed by atoms with Gasteiger partial charge in [0.15, 0.2) is 5.82 Å². The first-order valence-electron chi connectivity index (χ1n) is 13.3. The van der Waals surface area contributed by atoms with Crippen molar-refractivity contribution in [3.8, 4) is 11.4 Å². The van der Waals surface area contributed by atoms with Gasteiger partial charge in [0.1, 0.15) is 11.6 Å². The number of anilines is 2. The molecule has 2 aliphatic rings. The maximum absolute atomic E-state index is 5.76. The van der Waals surface area contributed by atoms with E-state index in [1.165, 1.54) is 28.2 Å². The number of hydrogen-bond acceptors (Lipinski definition) is 6. The molecule has 5 rings (SSSR count). The van der Waals surface area contributed by atoms with Crippen LogP contribution < -0.4 is 9.80 Å². The number of fused-ring (bicyclic) bond motifs is 1. The van der Waals surface area contributed by atoms with Crippen LogP contribution in [0.1, 0.15) is 61.2 Å². The smallest absolute Gasteiger partial charge is 0.162 e. The largest absolute Gasteiger partial charge is 0.381 e. The number of aryl methyl sites for hydroxylation is 3. The summed E-state index contributed by atoms with van der Waals surface area (Å²) in [4.78, 5) is 15.4. The number of rotatable bonds is 5. The van der Waals surface area contributed by atoms with Gasteiger partial charge in [0.05, 0.1) is 17.5 Å². The van der Waals surface area contributed by atoms with Crippen molar-refractivity contribution in [3.05, 3.63) is 52.3 Å². The normalized spacial score (nSPS) is 20.2. The van der Waals surface area contributed by atoms with E-state index in [1.54, 1.807) is 0 Å². The molecular formula is C29H40N6O. The summed E-state index contributed by atoms with van der Waals surface area (Å²) >= 11 is 0. The van der Waals surface area contributed by atoms with Crippen LogP contribution >= 0.6 is 0 Å². The molecule has 0 unspecified atom stereocenters. The average molecular weight is 489 g/mol. The monoisotopic (exact) mass is 488 g/mol. The van der Waals surface area contributed by atoms with E-state index in [1.807, 2.05) is 11.8 Å². The summed E-state index contributed by atoms with van der Waals surface area (Å²) in [5, 5.41) is 4.77. The van der Waals surface area contributed by atoms with Gasteiger partial charge in [0.25, 0.3) is 0 Å². The summed E-state index contributed by atoms with van der Waals surface area (Å²) in [6.07, 6.45) is 2.21. The summed E-state index contributed by atoms with van der Waals surface area (Å²) in [6, 6.07) is 8.68. The quantitative estimate of drug-likeness (QED) is 0.501. The minimum Gasteiger partial charge on any atom is -0.381 e. The van der Waals surface area contributed by atoms with Crippen molar-refractivity contribution in [3.63, 3.8) is 0 Å². The third-order valence-corrected chi connectivity index (χ3v) is 7.96. The van der Waals surface area contributed by atoms with E-state index in [4.69, 9.17) is 19.8 Å². The number of nitrogens with zero attached hydrogens (tertiary/aromatic N) is 6. The third kappa shape index (κ3) is 4.49. The topological polar surface area (TPSA) is 59.3 Å². The van der Waals surface area contributed by atoms with Gasteiger partial charge in [-0.25, -0.2) is 9.97 Å². The summed E-state index contributed by atoms with van der Waals surface area (Å²) in [6.45, 7) is 14.6. The lowest BCUT2D eigenvalue weighted by atomic mass is 9.95. The van der Waals surface area contributed by atoms with E-state index >= 15 is 0 Å². The van der Waals surface area contributed by atoms with Crippen LogP contribution in [0.2, 0.25) is 0 Å². The maximum atomic E-state index is 5.76. The van der Waals surface area contributed by atoms with Gasteiger partial charge in [-0.2, -0.15) is 5.10 Å². The van der Waals surface area contributed by atoms with Crippen molar-refractivity contribution in [2.75, 3.05) is 36.5 Å². The van der Waals surface area contributed by atoms with Gasteiger partial charge in [0.2, 0.25) is 0 Å². The predicted molar refractivity (Wildman–Crippen MR) is 146 cm³/mol. The minimum absolute atomic E-state index is 0.303. The van der Waals surface area contributed by atoms with Gasteiger partial charge >= 0.3 is 0 Å². The van der Waals surface area contributed by atoms with Gasteiger partial charge < -0.3 is 14.5 Å². The van der Waals surface area contributed by atoms with E-state index < -0.39 is 0 Å². The lowest BCUT2D eigenvalue weighted by Crippen LogP contribution is -2.44. The molecule has 0 radical (unpaired) electrons. The third-order valence-electron chi connectivity index (χ3n) is 7.96. The Kier molecular flexibility index (Phi) is 6.77. The first kappa shape index (κ1) is 24.8. The van der Waals surface area contributed by atoms with Gasteiger partial charge in [0, 0.05) is 64.0 Å². The van der Waals surface area contributed by atoms with E-state index in [-0.39, 0.29) is 0 Å². The highest BCUT2D eigenvalue weighted by Crippen LogP contribution is 2.35. The Hall–Kier alpha value is -2.93. The lowest BCUT2D eigenvalue weighted by molar-refractivity contribution is 0.0443. The molecule has 3 aromatic rings. The van der Waals surface area contributed by atoms with Crippen LogP contribution in [0.3, 0.4) is 0 Å². The Morgan fingerprint density at radius 1 is 1.06 bits per heavy atom. The summed E-state index contributed by atoms with van der Waals surface area (Å²) in [5.74, 6) is 3.97. The first-order valence-corrected chi connectivity index (χ1v) is 13.3. The first-order chi connectivity index (χ1) is 17.3. The number of methoxy groups -OCH3 is 1. The molecule has 0 saturated carbocycles. The number of hydrogen-bond donors (Lipinski definition) is 0. The zero-order valence-electron chi connectivity index (χ0n) is 22.9. The Morgan fingerprint density at radius 2 is 1.81 bits per heavy atom. The van der Waals surface area contributed by atoms with Crippen molar-refractivity contribution >= 4 is 11.6 Å². The number of piperidine rings is 1. The second kappa shape index (κ2) is 9.85. The highest BCUT2D eigenvalue weighted by Gasteiger charge is 2.32. The van der Waals surface area contributed by atoms with E-state index in [0.29, 0.717) is 17.9 Å². The van der Waals surface area contributed by atoms with Crippen molar-refractivity contribution in [1.82, 2.24) is 19.7 Å². The van der Waals surface area contributed by atoms with Gasteiger partial charge in [-0.1, -0.05) is 39.0 Å².